The molecule has 11 nitrogen and oxygen atoms in total. The van der Waals surface area contributed by atoms with Gasteiger partial charge in [0.15, 0.2) is 0 Å². The maximum atomic E-state index is 9.08. The van der Waals surface area contributed by atoms with Gasteiger partial charge in [-0.1, -0.05) is 109 Å². The Morgan fingerprint density at radius 2 is 0.946 bits per heavy atom. The molecule has 92 heavy (non-hydrogen) atoms. The van der Waals surface area contributed by atoms with E-state index >= 15 is 0 Å². The number of fused-ring (bicyclic) bond motifs is 6. The Kier molecular flexibility index (Phi) is 22.5. The molecule has 0 amide bonds. The van der Waals surface area contributed by atoms with Gasteiger partial charge in [-0.25, -0.2) is 8.42 Å². The minimum Gasteiger partial charge on any atom is -0.748 e. The largest absolute Gasteiger partial charge is 0.748 e. The van der Waals surface area contributed by atoms with Crippen molar-refractivity contribution in [2.45, 2.75) is 55.0 Å². The number of aliphatic hydroxyl groups excluding tert-OH is 2. The first-order chi connectivity index (χ1) is 52.1. The van der Waals surface area contributed by atoms with E-state index in [1.165, 1.54) is 43.7 Å². The van der Waals surface area contributed by atoms with Crippen LogP contribution in [0.3, 0.4) is 0 Å². The fourth-order valence-corrected chi connectivity index (χ4v) is 7.24. The SMILES string of the molecule is C#CC#CC#C.CO.CO.CS(=O)(=O)[O-].[2H]C([2H])([2H])c1c[c-]c(-c2cc(C)c(C([2H])([2H])[2H])cn2)cc1.[2H]C([2H])([2H])c1c[c-]c(-c2cc(C)c(C([2H])([2H])[2H])cn2)cc1.[2H]c1c(C([2H])([2H])[2H])cnc(-c2[c-]cc3c(c2)oc2ccccc23)c1[2H].[2H]c1c(C([2H])([2H])[2H])cnc(-c2ccc3c(c2)oc2ccccc23)c1[2H].[B][B]B([B])[B].[Ir].[Ir]. The van der Waals surface area contributed by atoms with Crippen LogP contribution in [0.4, 0.5) is 0 Å². The number of hydrogen-bond acceptors (Lipinski definition) is 11. The van der Waals surface area contributed by atoms with E-state index in [1.54, 1.807) is 62.4 Å². The molecule has 0 fully saturated rings. The molecule has 0 saturated carbocycles. The number of aliphatic hydroxyl groups is 2. The van der Waals surface area contributed by atoms with Crippen LogP contribution in [0.1, 0.15) is 74.7 Å². The Hall–Kier alpha value is -8.35. The molecule has 19 heteroatoms. The van der Waals surface area contributed by atoms with E-state index in [-0.39, 0.29) is 109 Å². The number of benzene rings is 6. The molecular formula is C73H66B5Ir2N4O7S-4. The average molecular weight is 1600 g/mol. The zero-order chi connectivity index (χ0) is 84.8. The average Bonchev–Trinajstić information content (AvgIpc) is 1.75. The zero-order valence-corrected chi connectivity index (χ0v) is 55.4. The molecule has 463 valence electrons. The molecule has 0 saturated heterocycles. The number of rotatable bonds is 5. The number of hydrogen-bond donors (Lipinski definition) is 2. The molecule has 2 N–H and O–H groups in total. The number of aryl methyl sites for hydroxylation is 8. The van der Waals surface area contributed by atoms with Crippen LogP contribution in [0.5, 0.6) is 0 Å². The Labute approximate surface area is 606 Å². The van der Waals surface area contributed by atoms with E-state index in [1.807, 2.05) is 54.6 Å². The van der Waals surface area contributed by atoms with Crippen LogP contribution in [-0.4, -0.2) is 100 Å². The molecule has 12 rings (SSSR count). The molecule has 6 aromatic heterocycles. The van der Waals surface area contributed by atoms with Crippen molar-refractivity contribution in [1.82, 2.24) is 19.9 Å². The summed E-state index contributed by atoms with van der Waals surface area (Å²) >= 11 is 0. The van der Waals surface area contributed by atoms with Crippen LogP contribution in [0.2, 0.25) is 0 Å². The second-order valence-corrected chi connectivity index (χ2v) is 19.2. The molecule has 6 aromatic carbocycles. The van der Waals surface area contributed by atoms with Gasteiger partial charge in [-0.05, 0) is 140 Å². The first kappa shape index (κ1) is 50.2. The van der Waals surface area contributed by atoms with Gasteiger partial charge in [-0.15, -0.1) is 101 Å². The van der Waals surface area contributed by atoms with Gasteiger partial charge in [-0.2, -0.15) is 0 Å². The van der Waals surface area contributed by atoms with Crippen LogP contribution in [0.25, 0.3) is 88.9 Å². The topological polar surface area (TPSA) is 175 Å². The molecular weight excluding hydrogens is 1520 g/mol. The summed E-state index contributed by atoms with van der Waals surface area (Å²) in [6, 6.07) is 44.4. The maximum absolute atomic E-state index is 9.08. The summed E-state index contributed by atoms with van der Waals surface area (Å²) in [5, 5.41) is 17.8. The second-order valence-electron chi connectivity index (χ2n) is 17.8. The summed E-state index contributed by atoms with van der Waals surface area (Å²) in [7, 11) is 13.9. The summed E-state index contributed by atoms with van der Waals surface area (Å²) in [5.41, 5.74) is 8.41. The van der Waals surface area contributed by atoms with Gasteiger partial charge in [0.2, 0.25) is 0 Å². The van der Waals surface area contributed by atoms with Crippen molar-refractivity contribution in [1.29, 1.82) is 0 Å². The number of pyridine rings is 4. The number of para-hydroxylation sites is 2. The van der Waals surface area contributed by atoms with Gasteiger partial charge in [0, 0.05) is 163 Å². The summed E-state index contributed by atoms with van der Waals surface area (Å²) < 4.78 is 204. The van der Waals surface area contributed by atoms with Crippen molar-refractivity contribution < 1.29 is 102 Å². The molecule has 12 aromatic rings. The monoisotopic (exact) mass is 1610 g/mol. The normalized spacial score (nSPS) is 13.9. The van der Waals surface area contributed by atoms with Crippen molar-refractivity contribution in [2.75, 3.05) is 20.5 Å². The van der Waals surface area contributed by atoms with Crippen molar-refractivity contribution >= 4 is 90.7 Å². The Bertz CT molecular complexity index is 5150. The second kappa shape index (κ2) is 41.2. The summed E-state index contributed by atoms with van der Waals surface area (Å²) in [4.78, 5) is 16.5. The summed E-state index contributed by atoms with van der Waals surface area (Å²) in [5.74, 6) is 8.61. The number of aromatic nitrogens is 4. The van der Waals surface area contributed by atoms with E-state index in [0.717, 1.165) is 59.3 Å². The van der Waals surface area contributed by atoms with E-state index in [9.17, 15) is 0 Å². The van der Waals surface area contributed by atoms with E-state index in [4.69, 9.17) is 98.2 Å². The van der Waals surface area contributed by atoms with Crippen LogP contribution < -0.4 is 0 Å². The Morgan fingerprint density at radius 3 is 1.37 bits per heavy atom. The van der Waals surface area contributed by atoms with Crippen LogP contribution >= 0.6 is 0 Å². The summed E-state index contributed by atoms with van der Waals surface area (Å²) in [6.45, 7) is -10.2. The number of nitrogens with zero attached hydrogens (tertiary/aromatic N) is 4. The standard InChI is InChI=1S/C18H13NO.C18H12NO.2C14H14N.C6H2.CH4O3S.2CH4O.B5.2Ir/c2*1-12-6-9-16(19-11-12)13-7-8-15-14-4-2-3-5-17(14)20-18(15)10-13;2*1-10-4-6-13(7-5-10)14-8-11(2)12(3)9-15-14;1-3-5-6-4-2;1-5(2,3)4;2*1-2;1-4-5(2)3;;/h2-11H,1H3;2-6,8-11H,1H3;2*4-6,8-9H,1-3H3;1-2H;1H3,(H,2,3,4);2*2H,1H3;;;/q;3*-1;;;;;;;/p-1/i2*1D3,6D,9D;2*1D3,3D3;;;;;;;. The first-order valence-electron chi connectivity index (χ1n) is 37.0. The maximum Gasteiger partial charge on any atom is 0.136 e. The molecule has 0 atom stereocenters. The van der Waals surface area contributed by atoms with Crippen LogP contribution in [0, 0.1) is 110 Å². The molecule has 0 unspecified atom stereocenters. The number of furan rings is 2. The third-order valence-electron chi connectivity index (χ3n) is 11.3. The van der Waals surface area contributed by atoms with Gasteiger partial charge in [0.1, 0.15) is 16.7 Å². The third-order valence-corrected chi connectivity index (χ3v) is 11.3. The van der Waals surface area contributed by atoms with E-state index in [2.05, 4.69) is 61.8 Å². The van der Waals surface area contributed by atoms with E-state index in [0.29, 0.717) is 62.2 Å². The quantitative estimate of drug-likeness (QED) is 0.0726. The van der Waals surface area contributed by atoms with Gasteiger partial charge in [-0.3, -0.25) is 4.98 Å². The number of terminal acetylenes is 2. The third kappa shape index (κ3) is 26.1. The molecule has 0 bridgehead atoms. The fraction of sp³-hybridized carbons (Fsp3) is 0.151. The Balaban J connectivity index is 0.000000475. The molecule has 0 aliphatic heterocycles. The van der Waals surface area contributed by atoms with Gasteiger partial charge < -0.3 is 38.6 Å². The van der Waals surface area contributed by atoms with Gasteiger partial charge in [0.05, 0.1) is 26.9 Å². The molecule has 0 spiro atoms. The van der Waals surface area contributed by atoms with E-state index < -0.39 is 57.6 Å². The molecule has 0 aliphatic carbocycles. The van der Waals surface area contributed by atoms with Crippen LogP contribution in [-0.2, 0) is 50.3 Å². The van der Waals surface area contributed by atoms with Crippen molar-refractivity contribution in [3.05, 3.63) is 239 Å². The van der Waals surface area contributed by atoms with Crippen LogP contribution in [0.15, 0.2) is 185 Å². The molecule has 0 aliphatic rings. The minimum absolute atomic E-state index is 0. The predicted octanol–water partition coefficient (Wildman–Crippen LogP) is 13.4. The molecule has 6 heterocycles. The Morgan fingerprint density at radius 1 is 0.533 bits per heavy atom. The van der Waals surface area contributed by atoms with Crippen molar-refractivity contribution in [3.8, 4) is 81.6 Å². The smallest absolute Gasteiger partial charge is 0.136 e. The first-order valence-corrected chi connectivity index (χ1v) is 27.9. The van der Waals surface area contributed by atoms with Gasteiger partial charge in [0.25, 0.3) is 0 Å². The predicted molar refractivity (Wildman–Crippen MR) is 374 cm³/mol. The summed E-state index contributed by atoms with van der Waals surface area (Å²) in [6.07, 6.45) is 14.5. The van der Waals surface area contributed by atoms with Crippen molar-refractivity contribution in [3.63, 3.8) is 0 Å². The van der Waals surface area contributed by atoms with Gasteiger partial charge >= 0.3 is 0 Å². The van der Waals surface area contributed by atoms with Crippen molar-refractivity contribution in [2.24, 2.45) is 0 Å². The fourth-order valence-electron chi connectivity index (χ4n) is 7.24. The zero-order valence-electron chi connectivity index (χ0n) is 71.8. The minimum atomic E-state index is -3.92. The molecule has 9 radical (unpaired) electrons.